The highest BCUT2D eigenvalue weighted by Gasteiger charge is 2.30. The van der Waals surface area contributed by atoms with Crippen LogP contribution in [0.5, 0.6) is 0 Å². The van der Waals surface area contributed by atoms with E-state index in [1.165, 1.54) is 0 Å². The van der Waals surface area contributed by atoms with Gasteiger partial charge in [-0.3, -0.25) is 0 Å². The largest absolute Gasteiger partial charge is 0.369 e. The second-order valence-corrected chi connectivity index (χ2v) is 7.86. The molecule has 0 aliphatic carbocycles. The second-order valence-electron chi connectivity index (χ2n) is 5.83. The summed E-state index contributed by atoms with van der Waals surface area (Å²) in [5.74, 6) is 0.0550. The summed E-state index contributed by atoms with van der Waals surface area (Å²) in [6.45, 7) is 1.95. The Morgan fingerprint density at radius 1 is 1.00 bits per heavy atom. The van der Waals surface area contributed by atoms with Crippen molar-refractivity contribution in [3.8, 4) is 0 Å². The second kappa shape index (κ2) is 6.23. The molecule has 4 heteroatoms. The lowest BCUT2D eigenvalue weighted by Crippen LogP contribution is -2.20. The number of ether oxygens (including phenoxy) is 1. The molecule has 2 atom stereocenters. The van der Waals surface area contributed by atoms with E-state index in [1.807, 2.05) is 49.4 Å². The Bertz CT molecular complexity index is 721. The Balaban J connectivity index is 1.68. The maximum Gasteiger partial charge on any atom is 0.180 e. The van der Waals surface area contributed by atoms with Crippen LogP contribution in [-0.4, -0.2) is 20.3 Å². The highest BCUT2D eigenvalue weighted by molar-refractivity contribution is 7.91. The molecule has 116 valence electrons. The van der Waals surface area contributed by atoms with Gasteiger partial charge in [0.1, 0.15) is 0 Å². The zero-order chi connectivity index (χ0) is 15.6. The van der Waals surface area contributed by atoms with Crippen LogP contribution in [0.4, 0.5) is 0 Å². The van der Waals surface area contributed by atoms with Crippen LogP contribution >= 0.6 is 0 Å². The van der Waals surface area contributed by atoms with E-state index in [0.717, 1.165) is 24.0 Å². The molecule has 0 amide bonds. The summed E-state index contributed by atoms with van der Waals surface area (Å²) >= 11 is 0. The molecule has 3 rings (SSSR count). The number of benzene rings is 2. The summed E-state index contributed by atoms with van der Waals surface area (Å²) in [4.78, 5) is 0.380. The molecule has 0 N–H and O–H groups in total. The molecule has 3 nitrogen and oxygen atoms in total. The lowest BCUT2D eigenvalue weighted by atomic mass is 10.1. The average Bonchev–Trinajstić information content (AvgIpc) is 2.96. The van der Waals surface area contributed by atoms with Crippen molar-refractivity contribution in [3.05, 3.63) is 65.7 Å². The Morgan fingerprint density at radius 2 is 1.68 bits per heavy atom. The van der Waals surface area contributed by atoms with Gasteiger partial charge >= 0.3 is 0 Å². The fourth-order valence-electron chi connectivity index (χ4n) is 2.83. The maximum absolute atomic E-state index is 12.5. The van der Waals surface area contributed by atoms with Gasteiger partial charge in [0.05, 0.1) is 22.9 Å². The number of hydrogen-bond acceptors (Lipinski definition) is 3. The van der Waals surface area contributed by atoms with Gasteiger partial charge in [0.2, 0.25) is 0 Å². The first-order chi connectivity index (χ1) is 10.5. The van der Waals surface area contributed by atoms with Crippen LogP contribution in [0.1, 0.15) is 30.1 Å². The molecular weight excluding hydrogens is 296 g/mol. The van der Waals surface area contributed by atoms with Crippen LogP contribution < -0.4 is 0 Å². The van der Waals surface area contributed by atoms with Crippen LogP contribution in [0.3, 0.4) is 0 Å². The lowest BCUT2D eigenvalue weighted by Gasteiger charge is -2.14. The molecule has 1 aliphatic rings. The third kappa shape index (κ3) is 3.39. The normalized spacial score (nSPS) is 21.9. The van der Waals surface area contributed by atoms with E-state index in [0.29, 0.717) is 4.90 Å². The van der Waals surface area contributed by atoms with Crippen molar-refractivity contribution in [1.82, 2.24) is 0 Å². The number of sulfone groups is 1. The summed E-state index contributed by atoms with van der Waals surface area (Å²) in [6.07, 6.45) is 1.44. The van der Waals surface area contributed by atoms with Gasteiger partial charge < -0.3 is 4.74 Å². The van der Waals surface area contributed by atoms with E-state index in [4.69, 9.17) is 4.74 Å². The average molecular weight is 316 g/mol. The van der Waals surface area contributed by atoms with E-state index in [9.17, 15) is 8.42 Å². The van der Waals surface area contributed by atoms with Crippen molar-refractivity contribution in [3.63, 3.8) is 0 Å². The number of hydrogen-bond donors (Lipinski definition) is 0. The SMILES string of the molecule is Cc1ccc(S(=O)(=O)C[C@H]2CC[C@@H](c3ccccc3)O2)cc1. The lowest BCUT2D eigenvalue weighted by molar-refractivity contribution is 0.0572. The minimum absolute atomic E-state index is 0.0133. The Kier molecular flexibility index (Phi) is 4.32. The van der Waals surface area contributed by atoms with Gasteiger partial charge in [0.25, 0.3) is 0 Å². The Hall–Kier alpha value is -1.65. The van der Waals surface area contributed by atoms with E-state index in [-0.39, 0.29) is 18.0 Å². The third-order valence-corrected chi connectivity index (χ3v) is 5.87. The Labute approximate surface area is 131 Å². The van der Waals surface area contributed by atoms with Crippen molar-refractivity contribution in [2.24, 2.45) is 0 Å². The van der Waals surface area contributed by atoms with Gasteiger partial charge in [-0.25, -0.2) is 8.42 Å². The molecule has 1 saturated heterocycles. The zero-order valence-electron chi connectivity index (χ0n) is 12.6. The molecule has 2 aromatic rings. The molecule has 0 aromatic heterocycles. The Morgan fingerprint density at radius 3 is 2.36 bits per heavy atom. The number of rotatable bonds is 4. The first-order valence-corrected chi connectivity index (χ1v) is 9.20. The van der Waals surface area contributed by atoms with Gasteiger partial charge in [-0.15, -0.1) is 0 Å². The fourth-order valence-corrected chi connectivity index (χ4v) is 4.31. The molecule has 0 radical (unpaired) electrons. The summed E-state index contributed by atoms with van der Waals surface area (Å²) < 4.78 is 30.9. The van der Waals surface area contributed by atoms with E-state index >= 15 is 0 Å². The predicted molar refractivity (Wildman–Crippen MR) is 86.5 cm³/mol. The molecule has 0 spiro atoms. The monoisotopic (exact) mass is 316 g/mol. The van der Waals surface area contributed by atoms with Crippen LogP contribution in [0.25, 0.3) is 0 Å². The fraction of sp³-hybridized carbons (Fsp3) is 0.333. The highest BCUT2D eigenvalue weighted by atomic mass is 32.2. The van der Waals surface area contributed by atoms with Crippen molar-refractivity contribution in [1.29, 1.82) is 0 Å². The minimum Gasteiger partial charge on any atom is -0.369 e. The highest BCUT2D eigenvalue weighted by Crippen LogP contribution is 2.33. The van der Waals surface area contributed by atoms with Gasteiger partial charge in [-0.1, -0.05) is 48.0 Å². The molecule has 22 heavy (non-hydrogen) atoms. The van der Waals surface area contributed by atoms with Crippen molar-refractivity contribution in [2.75, 3.05) is 5.75 Å². The maximum atomic E-state index is 12.5. The standard InChI is InChI=1S/C18H20O3S/c1-14-7-10-17(11-8-14)22(19,20)13-16-9-12-18(21-16)15-5-3-2-4-6-15/h2-8,10-11,16,18H,9,12-13H2,1H3/t16-,18+/m1/s1. The van der Waals surface area contributed by atoms with Crippen molar-refractivity contribution >= 4 is 9.84 Å². The molecule has 2 aromatic carbocycles. The van der Waals surface area contributed by atoms with Gasteiger partial charge in [0, 0.05) is 0 Å². The van der Waals surface area contributed by atoms with Crippen LogP contribution in [0, 0.1) is 6.92 Å². The topological polar surface area (TPSA) is 43.4 Å². The van der Waals surface area contributed by atoms with Crippen molar-refractivity contribution in [2.45, 2.75) is 36.9 Å². The number of aryl methyl sites for hydroxylation is 1. The van der Waals surface area contributed by atoms with E-state index < -0.39 is 9.84 Å². The van der Waals surface area contributed by atoms with Gasteiger partial charge in [-0.2, -0.15) is 0 Å². The molecule has 1 heterocycles. The van der Waals surface area contributed by atoms with Crippen LogP contribution in [0.15, 0.2) is 59.5 Å². The van der Waals surface area contributed by atoms with E-state index in [2.05, 4.69) is 0 Å². The molecule has 0 saturated carbocycles. The van der Waals surface area contributed by atoms with E-state index in [1.54, 1.807) is 12.1 Å². The molecule has 0 bridgehead atoms. The van der Waals surface area contributed by atoms with Crippen LogP contribution in [-0.2, 0) is 14.6 Å². The summed E-state index contributed by atoms with van der Waals surface area (Å²) in [5, 5.41) is 0. The first kappa shape index (κ1) is 15.3. The summed E-state index contributed by atoms with van der Waals surface area (Å²) in [7, 11) is -3.29. The predicted octanol–water partition coefficient (Wildman–Crippen LogP) is 3.69. The quantitative estimate of drug-likeness (QED) is 0.864. The molecule has 0 unspecified atom stereocenters. The first-order valence-electron chi connectivity index (χ1n) is 7.54. The van der Waals surface area contributed by atoms with Crippen molar-refractivity contribution < 1.29 is 13.2 Å². The molecule has 1 aliphatic heterocycles. The minimum atomic E-state index is -3.29. The summed E-state index contributed by atoms with van der Waals surface area (Å²) in [5.41, 5.74) is 2.18. The zero-order valence-corrected chi connectivity index (χ0v) is 13.4. The summed E-state index contributed by atoms with van der Waals surface area (Å²) in [6, 6.07) is 17.0. The molecule has 1 fully saturated rings. The third-order valence-electron chi connectivity index (χ3n) is 4.06. The van der Waals surface area contributed by atoms with Gasteiger partial charge in [-0.05, 0) is 37.5 Å². The van der Waals surface area contributed by atoms with Gasteiger partial charge in [0.15, 0.2) is 9.84 Å². The van der Waals surface area contributed by atoms with Crippen LogP contribution in [0.2, 0.25) is 0 Å². The molecular formula is C18H20O3S. The smallest absolute Gasteiger partial charge is 0.180 e.